The zero-order valence-electron chi connectivity index (χ0n) is 20.0. The van der Waals surface area contributed by atoms with Crippen molar-refractivity contribution < 1.29 is 28.5 Å². The molecule has 0 radical (unpaired) electrons. The van der Waals surface area contributed by atoms with E-state index in [1.807, 2.05) is 12.2 Å². The van der Waals surface area contributed by atoms with E-state index < -0.39 is 6.09 Å². The number of rotatable bonds is 9. The second-order valence-electron chi connectivity index (χ2n) is 8.70. The topological polar surface area (TPSA) is 100 Å². The number of carbonyl (C=O) groups excluding carboxylic acids is 2. The first-order valence-corrected chi connectivity index (χ1v) is 12.0. The van der Waals surface area contributed by atoms with E-state index in [0.29, 0.717) is 59.9 Å². The number of hydrogen-bond acceptors (Lipinski definition) is 8. The highest BCUT2D eigenvalue weighted by Gasteiger charge is 2.36. The fraction of sp³-hybridized carbons (Fsp3) is 0.333. The van der Waals surface area contributed by atoms with Gasteiger partial charge in [0, 0.05) is 24.2 Å². The van der Waals surface area contributed by atoms with Gasteiger partial charge in [0.2, 0.25) is 11.8 Å². The quantitative estimate of drug-likeness (QED) is 0.352. The number of methoxy groups -OCH3 is 1. The minimum atomic E-state index is -0.465. The van der Waals surface area contributed by atoms with E-state index in [9.17, 15) is 9.59 Å². The van der Waals surface area contributed by atoms with Crippen LogP contribution in [0.4, 0.5) is 4.79 Å². The number of nitrogens with zero attached hydrogens (tertiary/aromatic N) is 3. The van der Waals surface area contributed by atoms with Gasteiger partial charge < -0.3 is 18.9 Å². The lowest BCUT2D eigenvalue weighted by Gasteiger charge is -2.23. The van der Waals surface area contributed by atoms with Crippen molar-refractivity contribution in [1.82, 2.24) is 14.9 Å². The van der Waals surface area contributed by atoms with E-state index in [1.54, 1.807) is 30.7 Å². The van der Waals surface area contributed by atoms with Gasteiger partial charge in [-0.15, -0.1) is 0 Å². The Kier molecular flexibility index (Phi) is 6.97. The predicted octanol–water partition coefficient (Wildman–Crippen LogP) is 5.17. The number of Topliss-reactive ketones (excluding diaryl/α,β-unsaturated/α-hetero) is 1. The van der Waals surface area contributed by atoms with Crippen LogP contribution >= 0.6 is 0 Å². The number of cyclic esters (lactones) is 1. The number of allylic oxidation sites excluding steroid dienone is 4. The predicted molar refractivity (Wildman–Crippen MR) is 131 cm³/mol. The summed E-state index contributed by atoms with van der Waals surface area (Å²) in [6.45, 7) is 0.368. The molecule has 3 aliphatic rings. The van der Waals surface area contributed by atoms with E-state index >= 15 is 0 Å². The highest BCUT2D eigenvalue weighted by atomic mass is 16.6. The van der Waals surface area contributed by atoms with Gasteiger partial charge in [-0.2, -0.15) is 0 Å². The summed E-state index contributed by atoms with van der Waals surface area (Å²) in [5, 5.41) is 0. The van der Waals surface area contributed by atoms with E-state index in [0.717, 1.165) is 24.8 Å². The molecule has 0 N–H and O–H groups in total. The standard InChI is InChI=1S/C27H27N3O6/c1-33-24-12-11-21-26(29-24)20(13-14-28-21)22(31)10-6-5-9-19-15-30(27(32)35-19)25-17-34-16-23(36-25)18-7-3-2-4-8-18/h2-3,7,11-14,16-17,19H,4-6,8-10,15H2,1H3/t19-/m0/s1. The number of fused-ring (bicyclic) bond motifs is 1. The second kappa shape index (κ2) is 10.6. The molecule has 1 amide bonds. The van der Waals surface area contributed by atoms with Gasteiger partial charge in [-0.3, -0.25) is 9.78 Å². The second-order valence-corrected chi connectivity index (χ2v) is 8.70. The van der Waals surface area contributed by atoms with Crippen LogP contribution in [0, 0.1) is 0 Å². The fourth-order valence-corrected chi connectivity index (χ4v) is 4.37. The molecule has 0 unspecified atom stereocenters. The van der Waals surface area contributed by atoms with Crippen LogP contribution in [-0.4, -0.2) is 46.5 Å². The molecular formula is C27H27N3O6. The lowest BCUT2D eigenvalue weighted by atomic mass is 10.0. The summed E-state index contributed by atoms with van der Waals surface area (Å²) >= 11 is 0. The first kappa shape index (κ1) is 23.6. The summed E-state index contributed by atoms with van der Waals surface area (Å²) in [6, 6.07) is 5.20. The van der Waals surface area contributed by atoms with Gasteiger partial charge in [-0.1, -0.05) is 18.2 Å². The van der Waals surface area contributed by atoms with Crippen LogP contribution in [0.3, 0.4) is 0 Å². The Balaban J connectivity index is 1.12. The van der Waals surface area contributed by atoms with Crippen LogP contribution in [0.15, 0.2) is 72.4 Å². The third-order valence-electron chi connectivity index (χ3n) is 6.28. The third kappa shape index (κ3) is 5.10. The number of unbranched alkanes of at least 4 members (excludes halogenated alkanes) is 1. The van der Waals surface area contributed by atoms with Gasteiger partial charge in [-0.25, -0.2) is 14.7 Å². The molecule has 9 nitrogen and oxygen atoms in total. The largest absolute Gasteiger partial charge is 0.481 e. The summed E-state index contributed by atoms with van der Waals surface area (Å²) < 4.78 is 22.1. The highest BCUT2D eigenvalue weighted by molar-refractivity contribution is 6.05. The molecule has 0 aromatic carbocycles. The molecule has 1 fully saturated rings. The van der Waals surface area contributed by atoms with Crippen molar-refractivity contribution >= 4 is 22.9 Å². The SMILES string of the molecule is COc1ccc2nccc(C(=O)CCCC[C@H]3CN(C4=COC=C(C5=CC=CCC5)O4)C(=O)O3)c2n1. The molecule has 2 aliphatic heterocycles. The molecule has 0 bridgehead atoms. The van der Waals surface area contributed by atoms with E-state index in [1.165, 1.54) is 18.3 Å². The Morgan fingerprint density at radius 1 is 1.22 bits per heavy atom. The normalized spacial score (nSPS) is 19.1. The first-order chi connectivity index (χ1) is 17.6. The molecule has 0 saturated carbocycles. The molecule has 2 aromatic rings. The minimum absolute atomic E-state index is 0.00251. The van der Waals surface area contributed by atoms with Crippen LogP contribution in [-0.2, 0) is 14.2 Å². The first-order valence-electron chi connectivity index (χ1n) is 12.0. The fourth-order valence-electron chi connectivity index (χ4n) is 4.37. The molecule has 2 aromatic heterocycles. The molecule has 5 rings (SSSR count). The van der Waals surface area contributed by atoms with Crippen molar-refractivity contribution in [3.05, 3.63) is 77.9 Å². The summed E-state index contributed by atoms with van der Waals surface area (Å²) in [7, 11) is 1.54. The van der Waals surface area contributed by atoms with E-state index in [2.05, 4.69) is 16.0 Å². The Morgan fingerprint density at radius 3 is 2.97 bits per heavy atom. The average Bonchev–Trinajstić information content (AvgIpc) is 3.31. The number of ketones is 1. The summed E-state index contributed by atoms with van der Waals surface area (Å²) in [5.74, 6) is 1.35. The van der Waals surface area contributed by atoms with Crippen LogP contribution in [0.5, 0.6) is 5.88 Å². The van der Waals surface area contributed by atoms with Gasteiger partial charge in [0.1, 0.15) is 17.9 Å². The highest BCUT2D eigenvalue weighted by Crippen LogP contribution is 2.30. The third-order valence-corrected chi connectivity index (χ3v) is 6.28. The average molecular weight is 490 g/mol. The maximum atomic E-state index is 12.9. The number of carbonyl (C=O) groups is 2. The Labute approximate surface area is 208 Å². The van der Waals surface area contributed by atoms with Crippen molar-refractivity contribution in [2.75, 3.05) is 13.7 Å². The van der Waals surface area contributed by atoms with Gasteiger partial charge in [0.15, 0.2) is 17.8 Å². The van der Waals surface area contributed by atoms with Gasteiger partial charge >= 0.3 is 6.09 Å². The van der Waals surface area contributed by atoms with Gasteiger partial charge in [-0.05, 0) is 49.8 Å². The van der Waals surface area contributed by atoms with E-state index in [4.69, 9.17) is 18.9 Å². The summed E-state index contributed by atoms with van der Waals surface area (Å²) in [5.41, 5.74) is 2.74. The van der Waals surface area contributed by atoms with Crippen molar-refractivity contribution in [2.45, 2.75) is 44.6 Å². The maximum absolute atomic E-state index is 12.9. The molecule has 1 aliphatic carbocycles. The Morgan fingerprint density at radius 2 is 2.14 bits per heavy atom. The summed E-state index contributed by atoms with van der Waals surface area (Å²) in [6.07, 6.45) is 14.1. The van der Waals surface area contributed by atoms with E-state index in [-0.39, 0.29) is 11.9 Å². The molecule has 186 valence electrons. The van der Waals surface area contributed by atoms with Gasteiger partial charge in [0.25, 0.3) is 0 Å². The molecular weight excluding hydrogens is 462 g/mol. The van der Waals surface area contributed by atoms with Crippen LogP contribution < -0.4 is 4.74 Å². The van der Waals surface area contributed by atoms with Crippen molar-refractivity contribution in [3.63, 3.8) is 0 Å². The number of hydrogen-bond donors (Lipinski definition) is 0. The molecule has 36 heavy (non-hydrogen) atoms. The molecule has 4 heterocycles. The Bertz CT molecular complexity index is 1300. The van der Waals surface area contributed by atoms with Crippen LogP contribution in [0.2, 0.25) is 0 Å². The maximum Gasteiger partial charge on any atom is 0.417 e. The Hall–Kier alpha value is -4.14. The van der Waals surface area contributed by atoms with Crippen LogP contribution in [0.25, 0.3) is 11.0 Å². The zero-order valence-corrected chi connectivity index (χ0v) is 20.0. The summed E-state index contributed by atoms with van der Waals surface area (Å²) in [4.78, 5) is 35.5. The van der Waals surface area contributed by atoms with Crippen molar-refractivity contribution in [3.8, 4) is 5.88 Å². The number of aromatic nitrogens is 2. The number of pyridine rings is 2. The number of amides is 1. The molecule has 9 heteroatoms. The van der Waals surface area contributed by atoms with Crippen LogP contribution in [0.1, 0.15) is 48.9 Å². The minimum Gasteiger partial charge on any atom is -0.481 e. The lowest BCUT2D eigenvalue weighted by molar-refractivity contribution is 0.0974. The smallest absolute Gasteiger partial charge is 0.417 e. The monoisotopic (exact) mass is 489 g/mol. The molecule has 1 atom stereocenters. The molecule has 1 saturated heterocycles. The van der Waals surface area contributed by atoms with Crippen molar-refractivity contribution in [2.24, 2.45) is 0 Å². The van der Waals surface area contributed by atoms with Crippen molar-refractivity contribution in [1.29, 1.82) is 0 Å². The lowest BCUT2D eigenvalue weighted by Crippen LogP contribution is -2.27. The molecule has 0 spiro atoms. The zero-order chi connectivity index (χ0) is 24.9. The number of ether oxygens (including phenoxy) is 4. The van der Waals surface area contributed by atoms with Gasteiger partial charge in [0.05, 0.1) is 19.2 Å².